The molecule has 34 heavy (non-hydrogen) atoms. The average molecular weight is 492 g/mol. The van der Waals surface area contributed by atoms with Crippen molar-refractivity contribution in [3.05, 3.63) is 23.8 Å². The van der Waals surface area contributed by atoms with Crippen molar-refractivity contribution in [2.75, 3.05) is 51.1 Å². The van der Waals surface area contributed by atoms with Gasteiger partial charge in [-0.05, 0) is 50.3 Å². The molecule has 2 aliphatic heterocycles. The molecule has 0 atom stereocenters. The molecular weight excluding hydrogens is 458 g/mol. The number of hydrogen-bond acceptors (Lipinski definition) is 6. The molecule has 0 unspecified atom stereocenters. The number of nitrogens with zero attached hydrogens (tertiary/aromatic N) is 3. The summed E-state index contributed by atoms with van der Waals surface area (Å²) >= 11 is 0. The molecule has 3 aliphatic rings. The van der Waals surface area contributed by atoms with Crippen molar-refractivity contribution in [3.8, 4) is 0 Å². The van der Waals surface area contributed by atoms with Crippen LogP contribution in [0.3, 0.4) is 0 Å². The number of rotatable bonds is 6. The van der Waals surface area contributed by atoms with Gasteiger partial charge in [-0.1, -0.05) is 12.5 Å². The predicted octanol–water partition coefficient (Wildman–Crippen LogP) is 0.531. The van der Waals surface area contributed by atoms with E-state index in [9.17, 15) is 22.8 Å². The second kappa shape index (κ2) is 10.4. The maximum atomic E-state index is 13.0. The van der Waals surface area contributed by atoms with Crippen LogP contribution in [0, 0.1) is 6.92 Å². The van der Waals surface area contributed by atoms with Gasteiger partial charge in [0.25, 0.3) is 0 Å². The fraction of sp³-hybridized carbons (Fsp3) is 0.609. The summed E-state index contributed by atoms with van der Waals surface area (Å²) in [4.78, 5) is 40.5. The van der Waals surface area contributed by atoms with Crippen molar-refractivity contribution in [1.82, 2.24) is 19.4 Å². The molecule has 0 aromatic heterocycles. The molecule has 0 bridgehead atoms. The van der Waals surface area contributed by atoms with E-state index in [4.69, 9.17) is 0 Å². The second-order valence-corrected chi connectivity index (χ2v) is 11.2. The molecule has 0 spiro atoms. The fourth-order valence-electron chi connectivity index (χ4n) is 4.27. The van der Waals surface area contributed by atoms with Crippen molar-refractivity contribution in [3.63, 3.8) is 0 Å². The molecular formula is C23H33N5O5S. The Hall–Kier alpha value is -2.50. The molecule has 10 nitrogen and oxygen atoms in total. The summed E-state index contributed by atoms with van der Waals surface area (Å²) in [5.74, 6) is -1.32. The van der Waals surface area contributed by atoms with Crippen molar-refractivity contribution < 1.29 is 22.8 Å². The number of anilines is 1. The Morgan fingerprint density at radius 3 is 2.29 bits per heavy atom. The molecule has 11 heteroatoms. The van der Waals surface area contributed by atoms with Gasteiger partial charge in [-0.2, -0.15) is 4.31 Å². The minimum atomic E-state index is -3.59. The van der Waals surface area contributed by atoms with Gasteiger partial charge in [0.05, 0.1) is 11.4 Å². The zero-order valence-electron chi connectivity index (χ0n) is 19.6. The van der Waals surface area contributed by atoms with Crippen LogP contribution in [-0.4, -0.2) is 92.1 Å². The number of hydrogen-bond donors (Lipinski definition) is 2. The van der Waals surface area contributed by atoms with Crippen LogP contribution < -0.4 is 10.6 Å². The Kier molecular flexibility index (Phi) is 7.54. The number of amides is 3. The van der Waals surface area contributed by atoms with E-state index in [1.165, 1.54) is 15.3 Å². The summed E-state index contributed by atoms with van der Waals surface area (Å²) in [6, 6.07) is 4.97. The van der Waals surface area contributed by atoms with Gasteiger partial charge in [-0.25, -0.2) is 8.42 Å². The van der Waals surface area contributed by atoms with Crippen molar-refractivity contribution in [1.29, 1.82) is 0 Å². The Morgan fingerprint density at radius 2 is 1.65 bits per heavy atom. The maximum absolute atomic E-state index is 13.0. The topological polar surface area (TPSA) is 119 Å². The number of aryl methyl sites for hydroxylation is 1. The third kappa shape index (κ3) is 5.94. The molecule has 3 amide bonds. The van der Waals surface area contributed by atoms with E-state index in [0.29, 0.717) is 45.0 Å². The first-order valence-corrected chi connectivity index (χ1v) is 13.4. The Balaban J connectivity index is 1.30. The summed E-state index contributed by atoms with van der Waals surface area (Å²) in [6.07, 6.45) is 4.61. The Labute approximate surface area is 200 Å². The summed E-state index contributed by atoms with van der Waals surface area (Å²) in [7, 11) is -3.59. The molecule has 1 saturated carbocycles. The number of piperidine rings is 1. The Bertz CT molecular complexity index is 1040. The highest BCUT2D eigenvalue weighted by Crippen LogP contribution is 2.25. The number of piperazine rings is 1. The normalized spacial score (nSPS) is 20.1. The van der Waals surface area contributed by atoms with E-state index in [0.717, 1.165) is 37.7 Å². The molecule has 2 N–H and O–H groups in total. The minimum absolute atomic E-state index is 0.124. The van der Waals surface area contributed by atoms with Crippen LogP contribution in [0.4, 0.5) is 5.69 Å². The molecule has 186 valence electrons. The zero-order valence-corrected chi connectivity index (χ0v) is 20.4. The lowest BCUT2D eigenvalue weighted by molar-refractivity contribution is -0.147. The number of carbonyl (C=O) groups is 3. The summed E-state index contributed by atoms with van der Waals surface area (Å²) in [5.41, 5.74) is 1.26. The number of nitrogens with one attached hydrogen (secondary N) is 2. The highest BCUT2D eigenvalue weighted by atomic mass is 32.2. The third-order valence-electron chi connectivity index (χ3n) is 6.57. The van der Waals surface area contributed by atoms with Crippen LogP contribution in [0.25, 0.3) is 0 Å². The smallest absolute Gasteiger partial charge is 0.311 e. The van der Waals surface area contributed by atoms with Crippen LogP contribution in [0.5, 0.6) is 0 Å². The molecule has 2 saturated heterocycles. The molecule has 3 fully saturated rings. The van der Waals surface area contributed by atoms with Gasteiger partial charge in [0.2, 0.25) is 15.9 Å². The van der Waals surface area contributed by atoms with Crippen LogP contribution >= 0.6 is 0 Å². The average Bonchev–Trinajstić information content (AvgIpc) is 3.65. The number of carbonyl (C=O) groups excluding carboxylic acids is 3. The monoisotopic (exact) mass is 491 g/mol. The van der Waals surface area contributed by atoms with E-state index in [2.05, 4.69) is 10.6 Å². The lowest BCUT2D eigenvalue weighted by Gasteiger charge is -2.33. The minimum Gasteiger partial charge on any atom is -0.345 e. The van der Waals surface area contributed by atoms with Crippen molar-refractivity contribution in [2.45, 2.75) is 50.0 Å². The summed E-state index contributed by atoms with van der Waals surface area (Å²) in [5, 5.41) is 5.55. The molecule has 1 aromatic carbocycles. The molecule has 4 rings (SSSR count). The molecule has 0 radical (unpaired) electrons. The van der Waals surface area contributed by atoms with E-state index in [-0.39, 0.29) is 23.4 Å². The molecule has 1 aromatic rings. The van der Waals surface area contributed by atoms with Crippen LogP contribution in [0.15, 0.2) is 23.1 Å². The first-order valence-electron chi connectivity index (χ1n) is 12.0. The lowest BCUT2D eigenvalue weighted by Crippen LogP contribution is -2.53. The molecule has 1 aliphatic carbocycles. The second-order valence-electron chi connectivity index (χ2n) is 9.31. The predicted molar refractivity (Wildman–Crippen MR) is 127 cm³/mol. The quantitative estimate of drug-likeness (QED) is 0.561. The van der Waals surface area contributed by atoms with E-state index < -0.39 is 21.8 Å². The first kappa shape index (κ1) is 24.6. The van der Waals surface area contributed by atoms with Gasteiger partial charge in [0.15, 0.2) is 0 Å². The van der Waals surface area contributed by atoms with Crippen molar-refractivity contribution in [2.24, 2.45) is 0 Å². The van der Waals surface area contributed by atoms with E-state index in [1.807, 2.05) is 11.8 Å². The van der Waals surface area contributed by atoms with Gasteiger partial charge in [0.1, 0.15) is 0 Å². The molecule has 2 heterocycles. The van der Waals surface area contributed by atoms with Gasteiger partial charge in [-0.3, -0.25) is 19.3 Å². The Morgan fingerprint density at radius 1 is 0.971 bits per heavy atom. The summed E-state index contributed by atoms with van der Waals surface area (Å²) < 4.78 is 27.5. The van der Waals surface area contributed by atoms with Gasteiger partial charge in [0, 0.05) is 51.0 Å². The van der Waals surface area contributed by atoms with Crippen LogP contribution in [0.2, 0.25) is 0 Å². The fourth-order valence-corrected chi connectivity index (χ4v) is 5.81. The zero-order chi connectivity index (χ0) is 24.3. The SMILES string of the molecule is Cc1ccc(S(=O)(=O)N2CCCCC2)cc1NC(=O)CN1CCN(C(=O)C(=O)NC2CC2)CC1. The third-order valence-corrected chi connectivity index (χ3v) is 8.46. The van der Waals surface area contributed by atoms with Gasteiger partial charge >= 0.3 is 11.8 Å². The first-order chi connectivity index (χ1) is 16.2. The maximum Gasteiger partial charge on any atom is 0.311 e. The van der Waals surface area contributed by atoms with Crippen LogP contribution in [-0.2, 0) is 24.4 Å². The largest absolute Gasteiger partial charge is 0.345 e. The van der Waals surface area contributed by atoms with Crippen LogP contribution in [0.1, 0.15) is 37.7 Å². The highest BCUT2D eigenvalue weighted by molar-refractivity contribution is 7.89. The number of benzene rings is 1. The highest BCUT2D eigenvalue weighted by Gasteiger charge is 2.31. The number of sulfonamides is 1. The summed E-state index contributed by atoms with van der Waals surface area (Å²) in [6.45, 7) is 4.72. The van der Waals surface area contributed by atoms with Gasteiger partial charge < -0.3 is 15.5 Å². The standard InChI is InChI=1S/C23H33N5O5S/c1-17-5-8-19(34(32,33)28-9-3-2-4-10-28)15-20(17)25-21(29)16-26-11-13-27(14-12-26)23(31)22(30)24-18-6-7-18/h5,8,15,18H,2-4,6-7,9-14,16H2,1H3,(H,24,30)(H,25,29). The lowest BCUT2D eigenvalue weighted by atomic mass is 10.2. The van der Waals surface area contributed by atoms with Gasteiger partial charge in [-0.15, -0.1) is 0 Å². The van der Waals surface area contributed by atoms with E-state index >= 15 is 0 Å². The van der Waals surface area contributed by atoms with E-state index in [1.54, 1.807) is 12.1 Å². The van der Waals surface area contributed by atoms with Crippen molar-refractivity contribution >= 4 is 33.4 Å².